The maximum atomic E-state index is 13.6. The Morgan fingerprint density at radius 2 is 1.23 bits per heavy atom. The molecular weight excluding hydrogens is 546 g/mol. The maximum absolute atomic E-state index is 13.6. The molecule has 0 aromatic heterocycles. The van der Waals surface area contributed by atoms with E-state index in [-0.39, 0.29) is 57.3 Å². The summed E-state index contributed by atoms with van der Waals surface area (Å²) in [7, 11) is 0. The van der Waals surface area contributed by atoms with Crippen molar-refractivity contribution in [2.45, 2.75) is 143 Å². The Morgan fingerprint density at radius 3 is 1.65 bits per heavy atom. The van der Waals surface area contributed by atoms with Crippen molar-refractivity contribution >= 4 is 24.1 Å². The molecule has 0 aliphatic carbocycles. The predicted molar refractivity (Wildman–Crippen MR) is 175 cm³/mol. The highest BCUT2D eigenvalue weighted by Gasteiger charge is 2.25. The first-order chi connectivity index (χ1) is 20.9. The van der Waals surface area contributed by atoms with Crippen LogP contribution in [0.15, 0.2) is 16.8 Å². The van der Waals surface area contributed by atoms with E-state index in [2.05, 4.69) is 24.2 Å². The van der Waals surface area contributed by atoms with E-state index in [1.165, 1.54) is 51.4 Å². The van der Waals surface area contributed by atoms with Gasteiger partial charge in [-0.3, -0.25) is 19.4 Å². The number of hydrogen-bond acceptors (Lipinski definition) is 8. The molecule has 9 heteroatoms. The van der Waals surface area contributed by atoms with E-state index in [1.54, 1.807) is 11.1 Å². The lowest BCUT2D eigenvalue weighted by Crippen LogP contribution is -2.49. The first kappa shape index (κ1) is 40.7. The van der Waals surface area contributed by atoms with Gasteiger partial charge >= 0.3 is 11.9 Å². The van der Waals surface area contributed by atoms with Crippen LogP contribution < -0.4 is 5.32 Å². The summed E-state index contributed by atoms with van der Waals surface area (Å²) in [6.07, 6.45) is 20.4. The summed E-state index contributed by atoms with van der Waals surface area (Å²) in [6.45, 7) is 8.73. The van der Waals surface area contributed by atoms with Gasteiger partial charge in [0.25, 0.3) is 0 Å². The number of nitrogens with one attached hydrogen (secondary N) is 1. The molecular formula is C34H63N3O6. The number of nitrogens with zero attached hydrogens (tertiary/aromatic N) is 2. The van der Waals surface area contributed by atoms with Crippen LogP contribution in [0.1, 0.15) is 137 Å². The summed E-state index contributed by atoms with van der Waals surface area (Å²) in [6, 6.07) is -0.631. The van der Waals surface area contributed by atoms with Gasteiger partial charge in [0.1, 0.15) is 13.2 Å². The summed E-state index contributed by atoms with van der Waals surface area (Å²) < 4.78 is 10.9. The van der Waals surface area contributed by atoms with E-state index in [0.717, 1.165) is 44.2 Å². The third kappa shape index (κ3) is 23.8. The topological polar surface area (TPSA) is 118 Å². The minimum atomic E-state index is -0.631. The van der Waals surface area contributed by atoms with Crippen LogP contribution in [0.2, 0.25) is 0 Å². The highest BCUT2D eigenvalue weighted by molar-refractivity contribution is 5.82. The van der Waals surface area contributed by atoms with Gasteiger partial charge in [-0.15, -0.1) is 0 Å². The zero-order chi connectivity index (χ0) is 32.0. The second-order valence-corrected chi connectivity index (χ2v) is 11.1. The van der Waals surface area contributed by atoms with Gasteiger partial charge in [-0.2, -0.15) is 0 Å². The lowest BCUT2D eigenvalue weighted by molar-refractivity contribution is -0.148. The number of hydrogen-bond donors (Lipinski definition) is 2. The fraction of sp³-hybridized carbons (Fsp3) is 0.824. The fourth-order valence-corrected chi connectivity index (χ4v) is 4.79. The van der Waals surface area contributed by atoms with Crippen LogP contribution in [0, 0.1) is 0 Å². The third-order valence-corrected chi connectivity index (χ3v) is 7.37. The molecule has 1 atom stereocenters. The van der Waals surface area contributed by atoms with Gasteiger partial charge in [-0.1, -0.05) is 97.0 Å². The number of esters is 2. The van der Waals surface area contributed by atoms with Crippen molar-refractivity contribution in [3.05, 3.63) is 11.8 Å². The SMILES string of the molecule is CC=N/C(=C\C)CC(NCCO)C(=O)N(CCOC(=O)CCCCCCCCC)CCOC(=O)CCCCCCCCC. The molecule has 9 nitrogen and oxygen atoms in total. The van der Waals surface area contributed by atoms with Crippen molar-refractivity contribution in [2.75, 3.05) is 39.5 Å². The van der Waals surface area contributed by atoms with Crippen LogP contribution >= 0.6 is 0 Å². The molecule has 0 spiro atoms. The van der Waals surface area contributed by atoms with E-state index in [0.29, 0.717) is 19.3 Å². The number of aliphatic hydroxyl groups is 1. The Bertz CT molecular complexity index is 735. The Balaban J connectivity index is 4.96. The molecule has 2 N–H and O–H groups in total. The van der Waals surface area contributed by atoms with Crippen LogP contribution in [0.5, 0.6) is 0 Å². The molecule has 0 bridgehead atoms. The summed E-state index contributed by atoms with van der Waals surface area (Å²) >= 11 is 0. The Morgan fingerprint density at radius 1 is 0.767 bits per heavy atom. The van der Waals surface area contributed by atoms with Gasteiger partial charge in [-0.25, -0.2) is 0 Å². The van der Waals surface area contributed by atoms with Crippen LogP contribution in [-0.2, 0) is 23.9 Å². The first-order valence-electron chi connectivity index (χ1n) is 17.0. The predicted octanol–water partition coefficient (Wildman–Crippen LogP) is 6.52. The molecule has 0 heterocycles. The first-order valence-corrected chi connectivity index (χ1v) is 17.0. The number of carbonyl (C=O) groups is 3. The Kier molecular flexibility index (Phi) is 28.2. The number of ether oxygens (including phenoxy) is 2. The lowest BCUT2D eigenvalue weighted by Gasteiger charge is -2.28. The van der Waals surface area contributed by atoms with Crippen molar-refractivity contribution in [2.24, 2.45) is 4.99 Å². The normalized spacial score (nSPS) is 12.4. The molecule has 0 radical (unpaired) electrons. The largest absolute Gasteiger partial charge is 0.464 e. The van der Waals surface area contributed by atoms with Gasteiger partial charge in [0.15, 0.2) is 0 Å². The third-order valence-electron chi connectivity index (χ3n) is 7.37. The molecule has 250 valence electrons. The Hall–Kier alpha value is -2.26. The smallest absolute Gasteiger partial charge is 0.305 e. The second-order valence-electron chi connectivity index (χ2n) is 11.1. The van der Waals surface area contributed by atoms with E-state index in [9.17, 15) is 19.5 Å². The van der Waals surface area contributed by atoms with E-state index in [1.807, 2.05) is 19.9 Å². The molecule has 43 heavy (non-hydrogen) atoms. The second kappa shape index (κ2) is 29.8. The number of carbonyl (C=O) groups excluding carboxylic acids is 3. The standard InChI is InChI=1S/C34H63N3O6/c1-5-9-11-13-15-17-19-21-32(39)42-27-24-37(25-28-43-33(40)22-20-18-16-14-12-10-6-2)34(41)31(36-23-26-38)29-30(7-3)35-8-4/h7-8,31,36,38H,5-6,9-29H2,1-4H3/b30-7-,35-8?. The zero-order valence-electron chi connectivity index (χ0n) is 27.9. The highest BCUT2D eigenvalue weighted by atomic mass is 16.5. The molecule has 0 aliphatic rings. The average molecular weight is 610 g/mol. The van der Waals surface area contributed by atoms with Gasteiger partial charge < -0.3 is 24.8 Å². The fourth-order valence-electron chi connectivity index (χ4n) is 4.79. The summed E-state index contributed by atoms with van der Waals surface area (Å²) in [4.78, 5) is 44.1. The van der Waals surface area contributed by atoms with Crippen molar-refractivity contribution in [3.8, 4) is 0 Å². The Labute approximate surface area is 262 Å². The van der Waals surface area contributed by atoms with Gasteiger partial charge in [-0.05, 0) is 26.7 Å². The minimum absolute atomic E-state index is 0.0728. The van der Waals surface area contributed by atoms with Gasteiger partial charge in [0, 0.05) is 37.7 Å². The molecule has 0 aromatic carbocycles. The highest BCUT2D eigenvalue weighted by Crippen LogP contribution is 2.12. The van der Waals surface area contributed by atoms with E-state index < -0.39 is 6.04 Å². The molecule has 0 fully saturated rings. The van der Waals surface area contributed by atoms with Crippen LogP contribution in [-0.4, -0.2) is 79.6 Å². The van der Waals surface area contributed by atoms with Crippen LogP contribution in [0.3, 0.4) is 0 Å². The number of aliphatic hydroxyl groups excluding tert-OH is 1. The molecule has 0 rings (SSSR count). The summed E-state index contributed by atoms with van der Waals surface area (Å²) in [5.74, 6) is -0.735. The van der Waals surface area contributed by atoms with Crippen molar-refractivity contribution in [3.63, 3.8) is 0 Å². The molecule has 0 saturated heterocycles. The van der Waals surface area contributed by atoms with Crippen LogP contribution in [0.25, 0.3) is 0 Å². The van der Waals surface area contributed by atoms with Crippen molar-refractivity contribution < 1.29 is 29.0 Å². The number of unbranched alkanes of at least 4 members (excludes halogenated alkanes) is 12. The molecule has 0 aromatic rings. The number of allylic oxidation sites excluding steroid dienone is 1. The maximum Gasteiger partial charge on any atom is 0.305 e. The van der Waals surface area contributed by atoms with Crippen molar-refractivity contribution in [1.29, 1.82) is 0 Å². The van der Waals surface area contributed by atoms with E-state index in [4.69, 9.17) is 9.47 Å². The number of amides is 1. The summed E-state index contributed by atoms with van der Waals surface area (Å²) in [5, 5.41) is 12.5. The number of rotatable bonds is 29. The molecule has 0 saturated carbocycles. The molecule has 1 amide bonds. The average Bonchev–Trinajstić information content (AvgIpc) is 3.00. The van der Waals surface area contributed by atoms with Gasteiger partial charge in [0.2, 0.25) is 5.91 Å². The number of aliphatic imine (C=N–C) groups is 1. The lowest BCUT2D eigenvalue weighted by atomic mass is 10.1. The van der Waals surface area contributed by atoms with Crippen molar-refractivity contribution in [1.82, 2.24) is 10.2 Å². The monoisotopic (exact) mass is 609 g/mol. The minimum Gasteiger partial charge on any atom is -0.464 e. The van der Waals surface area contributed by atoms with E-state index >= 15 is 0 Å². The zero-order valence-corrected chi connectivity index (χ0v) is 27.9. The molecule has 0 aliphatic heterocycles. The molecule has 1 unspecified atom stereocenters. The van der Waals surface area contributed by atoms with Gasteiger partial charge in [0.05, 0.1) is 25.7 Å². The van der Waals surface area contributed by atoms with Crippen LogP contribution in [0.4, 0.5) is 0 Å². The summed E-state index contributed by atoms with van der Waals surface area (Å²) in [5.41, 5.74) is 0.744. The quantitative estimate of drug-likeness (QED) is 0.0563.